The first-order chi connectivity index (χ1) is 14.3. The van der Waals surface area contributed by atoms with Crippen LogP contribution in [0.2, 0.25) is 0 Å². The lowest BCUT2D eigenvalue weighted by Gasteiger charge is -2.52. The van der Waals surface area contributed by atoms with Crippen molar-refractivity contribution in [3.05, 3.63) is 102 Å². The molecule has 0 bridgehead atoms. The number of anilines is 1. The molecule has 1 heterocycles. The van der Waals surface area contributed by atoms with E-state index in [1.807, 2.05) is 30.3 Å². The largest absolute Gasteiger partial charge is 0.313 e. The Kier molecular flexibility index (Phi) is 5.20. The molecule has 0 saturated heterocycles. The van der Waals surface area contributed by atoms with Crippen LogP contribution in [0.3, 0.4) is 0 Å². The molecule has 0 radical (unpaired) electrons. The summed E-state index contributed by atoms with van der Waals surface area (Å²) in [5.41, 5.74) is 3.68. The number of carbonyl (C=O) groups excluding carboxylic acids is 1. The van der Waals surface area contributed by atoms with Gasteiger partial charge >= 0.3 is 0 Å². The van der Waals surface area contributed by atoms with E-state index in [4.69, 9.17) is 12.2 Å². The first kappa shape index (κ1) is 20.3. The predicted molar refractivity (Wildman–Crippen MR) is 127 cm³/mol. The SMILES string of the molecule is CC1(c2ccccc2)CC(C)(C)N(C(=S)NC(=O)c2ccccc2)c2ccccc21. The van der Waals surface area contributed by atoms with Gasteiger partial charge in [-0.25, -0.2) is 0 Å². The minimum atomic E-state index is -0.292. The van der Waals surface area contributed by atoms with Crippen LogP contribution >= 0.6 is 12.2 Å². The third-order valence-electron chi connectivity index (χ3n) is 6.00. The number of fused-ring (bicyclic) bond motifs is 1. The van der Waals surface area contributed by atoms with Gasteiger partial charge in [-0.05, 0) is 61.8 Å². The van der Waals surface area contributed by atoms with Gasteiger partial charge in [0.15, 0.2) is 5.11 Å². The van der Waals surface area contributed by atoms with E-state index >= 15 is 0 Å². The maximum absolute atomic E-state index is 12.7. The highest BCUT2D eigenvalue weighted by atomic mass is 32.1. The van der Waals surface area contributed by atoms with Crippen LogP contribution in [-0.4, -0.2) is 16.6 Å². The summed E-state index contributed by atoms with van der Waals surface area (Å²) in [5.74, 6) is -0.190. The van der Waals surface area contributed by atoms with E-state index in [0.717, 1.165) is 12.1 Å². The van der Waals surface area contributed by atoms with Crippen molar-refractivity contribution in [1.29, 1.82) is 0 Å². The number of carbonyl (C=O) groups is 1. The number of benzene rings is 3. The van der Waals surface area contributed by atoms with Gasteiger partial charge in [0, 0.05) is 22.2 Å². The van der Waals surface area contributed by atoms with Crippen LogP contribution in [0, 0.1) is 0 Å². The lowest BCUT2D eigenvalue weighted by Crippen LogP contribution is -2.59. The zero-order chi connectivity index (χ0) is 21.4. The van der Waals surface area contributed by atoms with E-state index in [1.165, 1.54) is 11.1 Å². The van der Waals surface area contributed by atoms with Gasteiger partial charge in [-0.15, -0.1) is 0 Å². The summed E-state index contributed by atoms with van der Waals surface area (Å²) >= 11 is 5.76. The fraction of sp³-hybridized carbons (Fsp3) is 0.231. The van der Waals surface area contributed by atoms with E-state index in [0.29, 0.717) is 10.7 Å². The molecule has 0 fully saturated rings. The van der Waals surface area contributed by atoms with E-state index in [9.17, 15) is 4.79 Å². The summed E-state index contributed by atoms with van der Waals surface area (Å²) in [6, 6.07) is 28.2. The Morgan fingerprint density at radius 2 is 1.43 bits per heavy atom. The van der Waals surface area contributed by atoms with Crippen molar-refractivity contribution in [2.24, 2.45) is 0 Å². The molecule has 4 rings (SSSR count). The second kappa shape index (κ2) is 7.69. The monoisotopic (exact) mass is 414 g/mol. The van der Waals surface area contributed by atoms with E-state index < -0.39 is 0 Å². The van der Waals surface area contributed by atoms with Crippen LogP contribution in [0.4, 0.5) is 5.69 Å². The number of hydrogen-bond acceptors (Lipinski definition) is 2. The molecule has 3 aromatic rings. The molecular weight excluding hydrogens is 388 g/mol. The molecule has 1 N–H and O–H groups in total. The molecule has 0 saturated carbocycles. The Labute approximate surface area is 183 Å². The molecule has 1 aliphatic rings. The number of rotatable bonds is 2. The maximum atomic E-state index is 12.7. The molecule has 3 nitrogen and oxygen atoms in total. The molecule has 1 aliphatic heterocycles. The Bertz CT molecular complexity index is 1080. The Morgan fingerprint density at radius 1 is 0.867 bits per heavy atom. The molecule has 3 aromatic carbocycles. The summed E-state index contributed by atoms with van der Waals surface area (Å²) in [4.78, 5) is 14.8. The highest BCUT2D eigenvalue weighted by Gasteiger charge is 2.46. The van der Waals surface area contributed by atoms with Gasteiger partial charge in [0.2, 0.25) is 0 Å². The number of thiocarbonyl (C=S) groups is 1. The van der Waals surface area contributed by atoms with Gasteiger partial charge in [0.05, 0.1) is 0 Å². The summed E-state index contributed by atoms with van der Waals surface area (Å²) in [6.45, 7) is 6.67. The summed E-state index contributed by atoms with van der Waals surface area (Å²) in [5, 5.41) is 3.38. The first-order valence-corrected chi connectivity index (χ1v) is 10.6. The average Bonchev–Trinajstić information content (AvgIpc) is 2.74. The van der Waals surface area contributed by atoms with Crippen molar-refractivity contribution >= 4 is 28.9 Å². The summed E-state index contributed by atoms with van der Waals surface area (Å²) < 4.78 is 0. The second-order valence-electron chi connectivity index (χ2n) is 8.67. The number of nitrogens with zero attached hydrogens (tertiary/aromatic N) is 1. The van der Waals surface area contributed by atoms with Gasteiger partial charge < -0.3 is 4.90 Å². The first-order valence-electron chi connectivity index (χ1n) is 10.2. The number of hydrogen-bond donors (Lipinski definition) is 1. The van der Waals surface area contributed by atoms with Crippen LogP contribution in [0.1, 0.15) is 48.7 Å². The van der Waals surface area contributed by atoms with Gasteiger partial charge in [-0.3, -0.25) is 10.1 Å². The van der Waals surface area contributed by atoms with Gasteiger partial charge in [-0.1, -0.05) is 73.7 Å². The zero-order valence-electron chi connectivity index (χ0n) is 17.6. The minimum Gasteiger partial charge on any atom is -0.313 e. The highest BCUT2D eigenvalue weighted by Crippen LogP contribution is 2.50. The van der Waals surface area contributed by atoms with E-state index in [2.05, 4.69) is 73.5 Å². The third kappa shape index (κ3) is 3.52. The molecule has 0 aliphatic carbocycles. The molecular formula is C26H26N2OS. The van der Waals surface area contributed by atoms with Gasteiger partial charge in [0.25, 0.3) is 5.91 Å². The normalized spacial score (nSPS) is 19.6. The Morgan fingerprint density at radius 3 is 2.10 bits per heavy atom. The number of nitrogens with one attached hydrogen (secondary N) is 1. The zero-order valence-corrected chi connectivity index (χ0v) is 18.4. The molecule has 4 heteroatoms. The summed E-state index contributed by atoms with van der Waals surface area (Å²) in [6.07, 6.45) is 0.863. The van der Waals surface area contributed by atoms with Crippen LogP contribution < -0.4 is 10.2 Å². The lowest BCUT2D eigenvalue weighted by atomic mass is 9.65. The second-order valence-corrected chi connectivity index (χ2v) is 9.05. The van der Waals surface area contributed by atoms with Crippen molar-refractivity contribution in [2.45, 2.75) is 38.1 Å². The predicted octanol–water partition coefficient (Wildman–Crippen LogP) is 5.70. The van der Waals surface area contributed by atoms with Crippen molar-refractivity contribution in [3.63, 3.8) is 0 Å². The molecule has 1 amide bonds. The van der Waals surface area contributed by atoms with Crippen LogP contribution in [-0.2, 0) is 5.41 Å². The Hall–Kier alpha value is -2.98. The summed E-state index contributed by atoms with van der Waals surface area (Å²) in [7, 11) is 0. The molecule has 30 heavy (non-hydrogen) atoms. The minimum absolute atomic E-state index is 0.156. The fourth-order valence-electron chi connectivity index (χ4n) is 4.76. The third-order valence-corrected chi connectivity index (χ3v) is 6.29. The van der Waals surface area contributed by atoms with Crippen molar-refractivity contribution in [1.82, 2.24) is 5.32 Å². The Balaban J connectivity index is 1.74. The van der Waals surface area contributed by atoms with Gasteiger partial charge in [-0.2, -0.15) is 0 Å². The highest BCUT2D eigenvalue weighted by molar-refractivity contribution is 7.80. The van der Waals surface area contributed by atoms with Crippen LogP contribution in [0.15, 0.2) is 84.9 Å². The fourth-order valence-corrected chi connectivity index (χ4v) is 5.20. The van der Waals surface area contributed by atoms with E-state index in [1.54, 1.807) is 12.1 Å². The average molecular weight is 415 g/mol. The van der Waals surface area contributed by atoms with Crippen LogP contribution in [0.25, 0.3) is 0 Å². The van der Waals surface area contributed by atoms with Crippen molar-refractivity contribution in [3.8, 4) is 0 Å². The molecule has 1 atom stereocenters. The topological polar surface area (TPSA) is 32.3 Å². The molecule has 152 valence electrons. The van der Waals surface area contributed by atoms with Crippen LogP contribution in [0.5, 0.6) is 0 Å². The lowest BCUT2D eigenvalue weighted by molar-refractivity contribution is 0.0976. The van der Waals surface area contributed by atoms with Crippen molar-refractivity contribution in [2.75, 3.05) is 4.90 Å². The van der Waals surface area contributed by atoms with Gasteiger partial charge in [0.1, 0.15) is 0 Å². The quantitative estimate of drug-likeness (QED) is 0.546. The van der Waals surface area contributed by atoms with E-state index in [-0.39, 0.29) is 16.9 Å². The smallest absolute Gasteiger partial charge is 0.257 e. The van der Waals surface area contributed by atoms with Crippen molar-refractivity contribution < 1.29 is 4.79 Å². The maximum Gasteiger partial charge on any atom is 0.257 e. The molecule has 0 spiro atoms. The standard InChI is InChI=1S/C26H26N2OS/c1-25(2)18-26(3,20-14-8-5-9-15-20)21-16-10-11-17-22(21)28(25)24(30)27-23(29)19-12-6-4-7-13-19/h4-17H,18H2,1-3H3,(H,27,29,30). The number of amides is 1. The molecule has 0 aromatic heterocycles. The molecule has 1 unspecified atom stereocenters. The number of para-hydroxylation sites is 1.